The van der Waals surface area contributed by atoms with Crippen LogP contribution in [-0.2, 0) is 6.42 Å². The molecule has 0 fully saturated rings. The van der Waals surface area contributed by atoms with Crippen LogP contribution in [0.5, 0.6) is 11.5 Å². The van der Waals surface area contributed by atoms with Crippen LogP contribution in [0.15, 0.2) is 42.5 Å². The zero-order valence-electron chi connectivity index (χ0n) is 13.7. The maximum atomic E-state index is 6.33. The standard InChI is InChI=1S/C18H23ClO2Si/c1-5-20-16-8-6-14(7-9-16)12-15-13-17(10-11-18(15)19)21-22(2,3)4/h6-11,13H,5,12H2,1-4H3. The molecular formula is C18H23ClO2Si. The maximum absolute atomic E-state index is 6.33. The van der Waals surface area contributed by atoms with Crippen molar-refractivity contribution in [3.8, 4) is 11.5 Å². The summed E-state index contributed by atoms with van der Waals surface area (Å²) in [7, 11) is -1.61. The second kappa shape index (κ2) is 7.21. The van der Waals surface area contributed by atoms with E-state index in [9.17, 15) is 0 Å². The van der Waals surface area contributed by atoms with Crippen molar-refractivity contribution in [2.24, 2.45) is 0 Å². The highest BCUT2D eigenvalue weighted by atomic mass is 35.5. The first-order valence-corrected chi connectivity index (χ1v) is 11.3. The first kappa shape index (κ1) is 16.9. The second-order valence-corrected chi connectivity index (χ2v) is 11.1. The van der Waals surface area contributed by atoms with Crippen LogP contribution in [0.1, 0.15) is 18.1 Å². The van der Waals surface area contributed by atoms with Crippen LogP contribution in [0.2, 0.25) is 24.7 Å². The van der Waals surface area contributed by atoms with Gasteiger partial charge in [-0.3, -0.25) is 0 Å². The van der Waals surface area contributed by atoms with Crippen molar-refractivity contribution in [1.29, 1.82) is 0 Å². The molecule has 4 heteroatoms. The van der Waals surface area contributed by atoms with Crippen LogP contribution in [0.3, 0.4) is 0 Å². The van der Waals surface area contributed by atoms with E-state index < -0.39 is 8.32 Å². The molecule has 2 aromatic rings. The van der Waals surface area contributed by atoms with Crippen molar-refractivity contribution in [3.63, 3.8) is 0 Å². The van der Waals surface area contributed by atoms with Crippen LogP contribution < -0.4 is 9.16 Å². The molecule has 22 heavy (non-hydrogen) atoms. The number of rotatable bonds is 6. The number of hydrogen-bond acceptors (Lipinski definition) is 2. The number of ether oxygens (including phenoxy) is 1. The summed E-state index contributed by atoms with van der Waals surface area (Å²) < 4.78 is 11.5. The van der Waals surface area contributed by atoms with E-state index in [1.807, 2.05) is 31.2 Å². The Morgan fingerprint density at radius 1 is 0.955 bits per heavy atom. The van der Waals surface area contributed by atoms with Crippen molar-refractivity contribution >= 4 is 19.9 Å². The van der Waals surface area contributed by atoms with Gasteiger partial charge >= 0.3 is 0 Å². The molecule has 0 saturated carbocycles. The fraction of sp³-hybridized carbons (Fsp3) is 0.333. The third-order valence-corrected chi connectivity index (χ3v) is 4.29. The molecule has 0 N–H and O–H groups in total. The summed E-state index contributed by atoms with van der Waals surface area (Å²) in [5.74, 6) is 1.80. The summed E-state index contributed by atoms with van der Waals surface area (Å²) in [4.78, 5) is 0. The fourth-order valence-corrected chi connectivity index (χ4v) is 3.21. The lowest BCUT2D eigenvalue weighted by Gasteiger charge is -2.20. The number of halogens is 1. The Labute approximate surface area is 139 Å². The summed E-state index contributed by atoms with van der Waals surface area (Å²) in [5, 5.41) is 0.775. The molecule has 0 radical (unpaired) electrons. The molecule has 2 nitrogen and oxygen atoms in total. The van der Waals surface area contributed by atoms with Crippen LogP contribution in [0, 0.1) is 0 Å². The summed E-state index contributed by atoms with van der Waals surface area (Å²) in [6.07, 6.45) is 0.786. The number of benzene rings is 2. The Balaban J connectivity index is 2.16. The van der Waals surface area contributed by atoms with E-state index in [2.05, 4.69) is 37.8 Å². The maximum Gasteiger partial charge on any atom is 0.242 e. The zero-order valence-corrected chi connectivity index (χ0v) is 15.4. The molecule has 118 valence electrons. The summed E-state index contributed by atoms with van der Waals surface area (Å²) >= 11 is 6.33. The molecule has 0 aliphatic carbocycles. The van der Waals surface area contributed by atoms with Gasteiger partial charge in [-0.15, -0.1) is 0 Å². The van der Waals surface area contributed by atoms with E-state index in [1.54, 1.807) is 0 Å². The van der Waals surface area contributed by atoms with Crippen molar-refractivity contribution in [1.82, 2.24) is 0 Å². The molecule has 2 aromatic carbocycles. The van der Waals surface area contributed by atoms with Crippen LogP contribution in [-0.4, -0.2) is 14.9 Å². The van der Waals surface area contributed by atoms with E-state index in [-0.39, 0.29) is 0 Å². The van der Waals surface area contributed by atoms with Crippen molar-refractivity contribution < 1.29 is 9.16 Å². The minimum atomic E-state index is -1.61. The first-order chi connectivity index (χ1) is 10.4. The smallest absolute Gasteiger partial charge is 0.242 e. The Morgan fingerprint density at radius 2 is 1.59 bits per heavy atom. The molecule has 0 bridgehead atoms. The van der Waals surface area contributed by atoms with Crippen LogP contribution in [0.4, 0.5) is 0 Å². The molecule has 0 saturated heterocycles. The fourth-order valence-electron chi connectivity index (χ4n) is 2.19. The van der Waals surface area contributed by atoms with E-state index in [0.717, 1.165) is 28.5 Å². The van der Waals surface area contributed by atoms with Crippen molar-refractivity contribution in [2.45, 2.75) is 33.0 Å². The summed E-state index contributed by atoms with van der Waals surface area (Å²) in [5.41, 5.74) is 2.29. The molecular weight excluding hydrogens is 312 g/mol. The molecule has 0 spiro atoms. The Morgan fingerprint density at radius 3 is 2.18 bits per heavy atom. The van der Waals surface area contributed by atoms with Gasteiger partial charge in [0.15, 0.2) is 0 Å². The average Bonchev–Trinajstić information content (AvgIpc) is 2.43. The van der Waals surface area contributed by atoms with Crippen molar-refractivity contribution in [2.75, 3.05) is 6.61 Å². The van der Waals surface area contributed by atoms with Crippen LogP contribution >= 0.6 is 11.6 Å². The predicted molar refractivity (Wildman–Crippen MR) is 95.8 cm³/mol. The largest absolute Gasteiger partial charge is 0.544 e. The van der Waals surface area contributed by atoms with Gasteiger partial charge in [0.05, 0.1) is 6.61 Å². The third kappa shape index (κ3) is 5.07. The highest BCUT2D eigenvalue weighted by Crippen LogP contribution is 2.26. The van der Waals surface area contributed by atoms with Gasteiger partial charge in [-0.05, 0) is 74.4 Å². The topological polar surface area (TPSA) is 18.5 Å². The Bertz CT molecular complexity index is 618. The van der Waals surface area contributed by atoms with Crippen LogP contribution in [0.25, 0.3) is 0 Å². The molecule has 0 aromatic heterocycles. The zero-order chi connectivity index (χ0) is 16.2. The van der Waals surface area contributed by atoms with E-state index in [4.69, 9.17) is 20.8 Å². The highest BCUT2D eigenvalue weighted by molar-refractivity contribution is 6.70. The predicted octanol–water partition coefficient (Wildman–Crippen LogP) is 5.54. The second-order valence-electron chi connectivity index (χ2n) is 6.22. The quantitative estimate of drug-likeness (QED) is 0.645. The Kier molecular flexibility index (Phi) is 5.54. The Hall–Kier alpha value is -1.45. The molecule has 0 heterocycles. The van der Waals surface area contributed by atoms with E-state index in [1.165, 1.54) is 5.56 Å². The lowest BCUT2D eigenvalue weighted by molar-refractivity contribution is 0.340. The molecule has 0 aliphatic rings. The molecule has 2 rings (SSSR count). The van der Waals surface area contributed by atoms with Gasteiger partial charge in [-0.2, -0.15) is 0 Å². The summed E-state index contributed by atoms with van der Waals surface area (Å²) in [6, 6.07) is 14.1. The monoisotopic (exact) mass is 334 g/mol. The normalized spacial score (nSPS) is 11.3. The highest BCUT2D eigenvalue weighted by Gasteiger charge is 2.16. The van der Waals surface area contributed by atoms with Gasteiger partial charge in [0, 0.05) is 5.02 Å². The molecule has 0 unspecified atom stereocenters. The minimum Gasteiger partial charge on any atom is -0.544 e. The molecule has 0 amide bonds. The van der Waals surface area contributed by atoms with Gasteiger partial charge in [-0.1, -0.05) is 23.7 Å². The number of hydrogen-bond donors (Lipinski definition) is 0. The van der Waals surface area contributed by atoms with Gasteiger partial charge in [0.2, 0.25) is 8.32 Å². The lowest BCUT2D eigenvalue weighted by atomic mass is 10.0. The van der Waals surface area contributed by atoms with Gasteiger partial charge in [0.1, 0.15) is 11.5 Å². The van der Waals surface area contributed by atoms with Gasteiger partial charge in [-0.25, -0.2) is 0 Å². The van der Waals surface area contributed by atoms with Gasteiger partial charge in [0.25, 0.3) is 0 Å². The van der Waals surface area contributed by atoms with Gasteiger partial charge < -0.3 is 9.16 Å². The van der Waals surface area contributed by atoms with Crippen molar-refractivity contribution in [3.05, 3.63) is 58.6 Å². The van der Waals surface area contributed by atoms with E-state index >= 15 is 0 Å². The SMILES string of the molecule is CCOc1ccc(Cc2cc(O[Si](C)(C)C)ccc2Cl)cc1. The molecule has 0 atom stereocenters. The first-order valence-electron chi connectivity index (χ1n) is 7.56. The summed E-state index contributed by atoms with van der Waals surface area (Å²) in [6.45, 7) is 9.19. The average molecular weight is 335 g/mol. The third-order valence-electron chi connectivity index (χ3n) is 3.07. The minimum absolute atomic E-state index is 0.682. The lowest BCUT2D eigenvalue weighted by Crippen LogP contribution is -2.29. The van der Waals surface area contributed by atoms with E-state index in [0.29, 0.717) is 6.61 Å². The molecule has 0 aliphatic heterocycles.